The Balaban J connectivity index is 1.52. The Labute approximate surface area is 216 Å². The number of anilines is 1. The van der Waals surface area contributed by atoms with Gasteiger partial charge in [0.1, 0.15) is 40.1 Å². The summed E-state index contributed by atoms with van der Waals surface area (Å²) in [7, 11) is -2.52. The fourth-order valence-corrected chi connectivity index (χ4v) is 7.47. The second kappa shape index (κ2) is 9.93. The number of aliphatic imine (C=N–C) groups is 1. The van der Waals surface area contributed by atoms with Gasteiger partial charge in [0.05, 0.1) is 10.9 Å². The van der Waals surface area contributed by atoms with Gasteiger partial charge >= 0.3 is 12.3 Å². The molecule has 2 aliphatic heterocycles. The van der Waals surface area contributed by atoms with Gasteiger partial charge in [-0.2, -0.15) is 8.78 Å². The number of nitrogens with zero attached hydrogens (tertiary/aromatic N) is 3. The Morgan fingerprint density at radius 2 is 2.05 bits per heavy atom. The highest BCUT2D eigenvalue weighted by molar-refractivity contribution is 8.29. The second-order valence-corrected chi connectivity index (χ2v) is 12.4. The maximum atomic E-state index is 15.0. The third-order valence-corrected chi connectivity index (χ3v) is 10.2. The van der Waals surface area contributed by atoms with E-state index in [1.807, 2.05) is 6.92 Å². The molecule has 0 aliphatic carbocycles. The molecule has 1 amide bonds. The smallest absolute Gasteiger partial charge is 0.340 e. The number of carbonyl (C=O) groups excluding carboxylic acids is 1. The fourth-order valence-electron chi connectivity index (χ4n) is 4.36. The molecule has 5 N–H and O–H groups in total. The van der Waals surface area contributed by atoms with Gasteiger partial charge in [0.2, 0.25) is 0 Å². The molecule has 0 spiro atoms. The van der Waals surface area contributed by atoms with E-state index < -0.39 is 51.5 Å². The van der Waals surface area contributed by atoms with E-state index in [0.717, 1.165) is 30.8 Å². The summed E-state index contributed by atoms with van der Waals surface area (Å²) in [5, 5.41) is 2.47. The van der Waals surface area contributed by atoms with Crippen LogP contribution >= 0.6 is 10.5 Å². The lowest BCUT2D eigenvalue weighted by atomic mass is 9.96. The van der Waals surface area contributed by atoms with Gasteiger partial charge in [-0.15, -0.1) is 0 Å². The highest BCUT2D eigenvalue weighted by Gasteiger charge is 2.55. The monoisotopic (exact) mass is 562 g/mol. The topological polar surface area (TPSA) is 135 Å². The number of nitrogens with two attached hydrogens (primary N) is 1. The van der Waals surface area contributed by atoms with Crippen molar-refractivity contribution in [3.05, 3.63) is 47.7 Å². The highest BCUT2D eigenvalue weighted by atomic mass is 32.3. The van der Waals surface area contributed by atoms with E-state index >= 15 is 0 Å². The molecule has 208 valence electrons. The predicted molar refractivity (Wildman–Crippen MR) is 133 cm³/mol. The number of alkyl halides is 4. The van der Waals surface area contributed by atoms with Gasteiger partial charge < -0.3 is 20.3 Å². The second-order valence-electron chi connectivity index (χ2n) is 9.56. The molecule has 15 heteroatoms. The molecule has 1 unspecified atom stereocenters. The number of nitrogens with one attached hydrogen (secondary N) is 2. The van der Waals surface area contributed by atoms with Crippen molar-refractivity contribution in [2.75, 3.05) is 24.2 Å². The minimum absolute atomic E-state index is 0.0352. The van der Waals surface area contributed by atoms with Crippen LogP contribution in [0, 0.1) is 5.82 Å². The first-order valence-corrected chi connectivity index (χ1v) is 13.3. The Morgan fingerprint density at radius 1 is 1.32 bits per heavy atom. The molecule has 2 aromatic heterocycles. The molecule has 2 aromatic rings. The number of hydrogen-bond acceptors (Lipinski definition) is 8. The number of pyridine rings is 2. The molecule has 2 aliphatic rings. The molecule has 0 saturated carbocycles. The van der Waals surface area contributed by atoms with Gasteiger partial charge in [-0.25, -0.2) is 23.1 Å². The Morgan fingerprint density at radius 3 is 2.71 bits per heavy atom. The SMILES string of the molecule is C[C@@]12CCCNS1(O)C[C@@](C)(c1nc(NC(=O)c3ccc(OCC(F)(F)C(F)F)cn3)ccc1F)N=C2N. The van der Waals surface area contributed by atoms with Crippen LogP contribution in [0.5, 0.6) is 5.75 Å². The normalized spacial score (nSPS) is 29.1. The number of halogens is 5. The number of amides is 1. The van der Waals surface area contributed by atoms with Gasteiger partial charge in [0.15, 0.2) is 6.61 Å². The van der Waals surface area contributed by atoms with Crippen LogP contribution in [0.4, 0.5) is 27.8 Å². The largest absolute Gasteiger partial charge is 0.485 e. The van der Waals surface area contributed by atoms with Gasteiger partial charge in [0, 0.05) is 12.3 Å². The summed E-state index contributed by atoms with van der Waals surface area (Å²) in [5.74, 6) is -5.82. The average molecular weight is 563 g/mol. The maximum absolute atomic E-state index is 15.0. The molecule has 1 saturated heterocycles. The van der Waals surface area contributed by atoms with Crippen LogP contribution in [0.1, 0.15) is 42.9 Å². The van der Waals surface area contributed by atoms with Crippen molar-refractivity contribution in [3.63, 3.8) is 0 Å². The van der Waals surface area contributed by atoms with Crippen molar-refractivity contribution in [1.82, 2.24) is 14.7 Å². The van der Waals surface area contributed by atoms with Crippen LogP contribution in [-0.4, -0.2) is 62.3 Å². The predicted octanol–water partition coefficient (Wildman–Crippen LogP) is 4.07. The first kappa shape index (κ1) is 28.0. The lowest BCUT2D eigenvalue weighted by Gasteiger charge is -2.57. The molecule has 0 aromatic carbocycles. The lowest BCUT2D eigenvalue weighted by molar-refractivity contribution is -0.148. The van der Waals surface area contributed by atoms with Gasteiger partial charge in [-0.1, -0.05) is 10.5 Å². The molecule has 3 atom stereocenters. The highest BCUT2D eigenvalue weighted by Crippen LogP contribution is 2.62. The number of aromatic nitrogens is 2. The number of carbonyl (C=O) groups is 1. The number of fused-ring (bicyclic) bond motifs is 1. The van der Waals surface area contributed by atoms with Crippen molar-refractivity contribution in [3.8, 4) is 5.75 Å². The first-order chi connectivity index (χ1) is 17.7. The molecule has 9 nitrogen and oxygen atoms in total. The fraction of sp³-hybridized carbons (Fsp3) is 0.478. The van der Waals surface area contributed by atoms with Crippen molar-refractivity contribution in [1.29, 1.82) is 0 Å². The maximum Gasteiger partial charge on any atom is 0.340 e. The van der Waals surface area contributed by atoms with Crippen LogP contribution in [0.2, 0.25) is 0 Å². The lowest BCUT2D eigenvalue weighted by Crippen LogP contribution is -2.60. The standard InChI is InChI=1S/C23H27F5N6O3S/c1-21(12-38(36)22(2,20(29)34-21)8-3-9-31-38)17-14(24)5-7-16(32-17)33-18(35)15-6-4-13(10-30-15)37-11-23(27,28)19(25)26/h4-7,10,19,31,36H,3,8-9,11-12H2,1-2H3,(H2,29,34)(H,32,33,35)/t21-,22-/m0/s1. The summed E-state index contributed by atoms with van der Waals surface area (Å²) in [6, 6.07) is 4.58. The first-order valence-electron chi connectivity index (χ1n) is 11.6. The van der Waals surface area contributed by atoms with Crippen LogP contribution < -0.4 is 20.5 Å². The molecular weight excluding hydrogens is 535 g/mol. The molecule has 38 heavy (non-hydrogen) atoms. The summed E-state index contributed by atoms with van der Waals surface area (Å²) < 4.78 is 84.1. The minimum Gasteiger partial charge on any atom is -0.485 e. The Kier molecular flexibility index (Phi) is 7.31. The third kappa shape index (κ3) is 5.14. The molecule has 4 rings (SSSR count). The number of rotatable bonds is 7. The van der Waals surface area contributed by atoms with Gasteiger partial charge in [0.25, 0.3) is 5.91 Å². The van der Waals surface area contributed by atoms with Crippen molar-refractivity contribution in [2.45, 2.75) is 49.3 Å². The van der Waals surface area contributed by atoms with Crippen molar-refractivity contribution >= 4 is 28.1 Å². The average Bonchev–Trinajstić information content (AvgIpc) is 2.85. The summed E-state index contributed by atoms with van der Waals surface area (Å²) in [5.41, 5.74) is 4.68. The van der Waals surface area contributed by atoms with E-state index in [0.29, 0.717) is 13.0 Å². The van der Waals surface area contributed by atoms with Crippen LogP contribution in [0.15, 0.2) is 35.5 Å². The summed E-state index contributed by atoms with van der Waals surface area (Å²) >= 11 is 0. The van der Waals surface area contributed by atoms with Gasteiger partial charge in [-0.3, -0.25) is 14.5 Å². The van der Waals surface area contributed by atoms with Crippen molar-refractivity contribution < 1.29 is 36.0 Å². The zero-order valence-corrected chi connectivity index (χ0v) is 21.3. The molecule has 0 bridgehead atoms. The summed E-state index contributed by atoms with van der Waals surface area (Å²) in [6.07, 6.45) is -1.53. The number of amidine groups is 1. The van der Waals surface area contributed by atoms with Crippen LogP contribution in [0.3, 0.4) is 0 Å². The van der Waals surface area contributed by atoms with E-state index in [2.05, 4.69) is 29.7 Å². The zero-order chi connectivity index (χ0) is 27.9. The molecule has 4 heterocycles. The number of hydrogen-bond donors (Lipinski definition) is 4. The number of ether oxygens (including phenoxy) is 1. The van der Waals surface area contributed by atoms with Gasteiger partial charge in [-0.05, 0) is 51.0 Å². The molecule has 0 radical (unpaired) electrons. The third-order valence-electron chi connectivity index (χ3n) is 6.63. The van der Waals surface area contributed by atoms with E-state index in [1.165, 1.54) is 6.07 Å². The van der Waals surface area contributed by atoms with E-state index in [1.54, 1.807) is 6.92 Å². The Bertz CT molecular complexity index is 1250. The van der Waals surface area contributed by atoms with Crippen LogP contribution in [-0.2, 0) is 5.54 Å². The minimum atomic E-state index is -4.34. The van der Waals surface area contributed by atoms with E-state index in [4.69, 9.17) is 5.73 Å². The van der Waals surface area contributed by atoms with E-state index in [9.17, 15) is 31.3 Å². The van der Waals surface area contributed by atoms with Crippen LogP contribution in [0.25, 0.3) is 0 Å². The summed E-state index contributed by atoms with van der Waals surface area (Å²) in [6.45, 7) is 2.47. The Hall–Kier alpha value is -3.04. The zero-order valence-electron chi connectivity index (χ0n) is 20.5. The quantitative estimate of drug-likeness (QED) is 0.374. The molecular formula is C23H27F5N6O3S. The van der Waals surface area contributed by atoms with Crippen molar-refractivity contribution in [2.24, 2.45) is 10.7 Å². The van der Waals surface area contributed by atoms with E-state index in [-0.39, 0.29) is 34.5 Å². The summed E-state index contributed by atoms with van der Waals surface area (Å²) in [4.78, 5) is 25.2. The molecule has 1 fully saturated rings.